The van der Waals surface area contributed by atoms with Crippen LogP contribution in [-0.2, 0) is 4.74 Å². The number of esters is 2. The second kappa shape index (κ2) is 13.9. The monoisotopic (exact) mass is 486 g/mol. The van der Waals surface area contributed by atoms with Gasteiger partial charge in [-0.3, -0.25) is 0 Å². The van der Waals surface area contributed by atoms with Gasteiger partial charge in [-0.15, -0.1) is 0 Å². The molecule has 0 unspecified atom stereocenters. The van der Waals surface area contributed by atoms with Gasteiger partial charge in [-0.1, -0.05) is 63.1 Å². The lowest BCUT2D eigenvalue weighted by atomic mass is 10.0. The number of benzene rings is 3. The molecule has 0 heterocycles. The molecule has 3 rings (SSSR count). The van der Waals surface area contributed by atoms with E-state index in [1.54, 1.807) is 42.5 Å². The van der Waals surface area contributed by atoms with Gasteiger partial charge < -0.3 is 14.2 Å². The summed E-state index contributed by atoms with van der Waals surface area (Å²) in [7, 11) is 0. The van der Waals surface area contributed by atoms with E-state index in [4.69, 9.17) is 14.2 Å². The van der Waals surface area contributed by atoms with E-state index in [2.05, 4.69) is 13.5 Å². The van der Waals surface area contributed by atoms with Crippen LogP contribution in [0.4, 0.5) is 0 Å². The van der Waals surface area contributed by atoms with Crippen molar-refractivity contribution >= 4 is 11.9 Å². The lowest BCUT2D eigenvalue weighted by molar-refractivity contribution is 0.0319. The fourth-order valence-electron chi connectivity index (χ4n) is 3.69. The summed E-state index contributed by atoms with van der Waals surface area (Å²) in [5.41, 5.74) is 2.86. The third-order valence-electron chi connectivity index (χ3n) is 5.75. The Morgan fingerprint density at radius 1 is 0.778 bits per heavy atom. The molecule has 36 heavy (non-hydrogen) atoms. The van der Waals surface area contributed by atoms with E-state index in [0.29, 0.717) is 23.5 Å². The zero-order valence-electron chi connectivity index (χ0n) is 21.1. The second-order valence-electron chi connectivity index (χ2n) is 8.68. The van der Waals surface area contributed by atoms with Gasteiger partial charge in [0, 0.05) is 0 Å². The van der Waals surface area contributed by atoms with Gasteiger partial charge in [0.2, 0.25) is 0 Å². The fourth-order valence-corrected chi connectivity index (χ4v) is 3.69. The first-order valence-electron chi connectivity index (χ1n) is 12.5. The van der Waals surface area contributed by atoms with Crippen LogP contribution >= 0.6 is 0 Å². The summed E-state index contributed by atoms with van der Waals surface area (Å²) >= 11 is 0. The van der Waals surface area contributed by atoms with Gasteiger partial charge in [-0.05, 0) is 79.4 Å². The SMILES string of the molecule is C=CCOc1ccc(-c2ccc(C(=O)Oc3ccc(C(=O)O[C@@H](C)CCCCCC)cc3)cc2)cc1. The Morgan fingerprint density at radius 2 is 1.33 bits per heavy atom. The van der Waals surface area contributed by atoms with E-state index >= 15 is 0 Å². The molecule has 1 atom stereocenters. The summed E-state index contributed by atoms with van der Waals surface area (Å²) in [5, 5.41) is 0. The molecule has 5 heteroatoms. The normalized spacial score (nSPS) is 11.4. The van der Waals surface area contributed by atoms with Crippen LogP contribution in [0.15, 0.2) is 85.5 Å². The molecule has 3 aromatic rings. The van der Waals surface area contributed by atoms with Crippen LogP contribution in [0.5, 0.6) is 11.5 Å². The predicted molar refractivity (Wildman–Crippen MR) is 143 cm³/mol. The minimum atomic E-state index is -0.467. The minimum Gasteiger partial charge on any atom is -0.490 e. The molecule has 0 aliphatic carbocycles. The average molecular weight is 487 g/mol. The number of hydrogen-bond acceptors (Lipinski definition) is 5. The van der Waals surface area contributed by atoms with Crippen molar-refractivity contribution in [3.05, 3.63) is 96.6 Å². The number of carbonyl (C=O) groups is 2. The highest BCUT2D eigenvalue weighted by molar-refractivity contribution is 5.92. The molecule has 5 nitrogen and oxygen atoms in total. The summed E-state index contributed by atoms with van der Waals surface area (Å²) in [6.45, 7) is 8.19. The van der Waals surface area contributed by atoms with E-state index < -0.39 is 5.97 Å². The Balaban J connectivity index is 1.52. The van der Waals surface area contributed by atoms with Gasteiger partial charge in [0.25, 0.3) is 0 Å². The quantitative estimate of drug-likeness (QED) is 0.107. The van der Waals surface area contributed by atoms with E-state index in [1.165, 1.54) is 12.8 Å². The molecule has 0 bridgehead atoms. The third-order valence-corrected chi connectivity index (χ3v) is 5.75. The lowest BCUT2D eigenvalue weighted by Gasteiger charge is -2.13. The van der Waals surface area contributed by atoms with E-state index in [1.807, 2.05) is 43.3 Å². The van der Waals surface area contributed by atoms with Gasteiger partial charge in [0.05, 0.1) is 17.2 Å². The van der Waals surface area contributed by atoms with Crippen molar-refractivity contribution in [2.45, 2.75) is 52.1 Å². The summed E-state index contributed by atoms with van der Waals surface area (Å²) < 4.78 is 16.5. The van der Waals surface area contributed by atoms with Crippen LogP contribution in [0.1, 0.15) is 66.7 Å². The maximum absolute atomic E-state index is 12.6. The molecule has 0 aliphatic rings. The van der Waals surface area contributed by atoms with Gasteiger partial charge in [-0.25, -0.2) is 9.59 Å². The third kappa shape index (κ3) is 8.12. The number of unbranched alkanes of at least 4 members (excludes halogenated alkanes) is 3. The molecule has 0 aliphatic heterocycles. The molecule has 0 fully saturated rings. The van der Waals surface area contributed by atoms with Crippen molar-refractivity contribution in [2.24, 2.45) is 0 Å². The van der Waals surface area contributed by atoms with Gasteiger partial charge in [-0.2, -0.15) is 0 Å². The zero-order chi connectivity index (χ0) is 25.8. The maximum Gasteiger partial charge on any atom is 0.343 e. The molecule has 0 N–H and O–H groups in total. The standard InChI is InChI=1S/C31H34O5/c1-4-6-7-8-9-23(3)35-30(32)27-16-20-29(21-17-27)36-31(33)26-12-10-24(11-13-26)25-14-18-28(19-15-25)34-22-5-2/h5,10-21,23H,2,4,6-9,22H2,1,3H3/t23-/m0/s1. The van der Waals surface area contributed by atoms with Crippen LogP contribution in [0.3, 0.4) is 0 Å². The first-order valence-corrected chi connectivity index (χ1v) is 12.5. The van der Waals surface area contributed by atoms with Crippen LogP contribution in [0.25, 0.3) is 11.1 Å². The molecule has 3 aromatic carbocycles. The van der Waals surface area contributed by atoms with Crippen LogP contribution in [0, 0.1) is 0 Å². The molecular weight excluding hydrogens is 452 g/mol. The molecular formula is C31H34O5. The molecule has 0 aromatic heterocycles. The van der Waals surface area contributed by atoms with Gasteiger partial charge in [0.15, 0.2) is 0 Å². The number of hydrogen-bond donors (Lipinski definition) is 0. The van der Waals surface area contributed by atoms with Crippen molar-refractivity contribution in [3.8, 4) is 22.6 Å². The van der Waals surface area contributed by atoms with Crippen LogP contribution < -0.4 is 9.47 Å². The summed E-state index contributed by atoms with van der Waals surface area (Å²) in [6, 6.07) is 21.4. The van der Waals surface area contributed by atoms with Crippen molar-refractivity contribution in [1.82, 2.24) is 0 Å². The number of ether oxygens (including phenoxy) is 3. The Kier molecular flexibility index (Phi) is 10.3. The van der Waals surface area contributed by atoms with Gasteiger partial charge in [0.1, 0.15) is 18.1 Å². The highest BCUT2D eigenvalue weighted by Gasteiger charge is 2.14. The molecule has 188 valence electrons. The van der Waals surface area contributed by atoms with E-state index in [0.717, 1.165) is 36.1 Å². The molecule has 0 saturated carbocycles. The maximum atomic E-state index is 12.6. The minimum absolute atomic E-state index is 0.127. The largest absolute Gasteiger partial charge is 0.490 e. The molecule has 0 radical (unpaired) electrons. The Labute approximate surface area is 213 Å². The average Bonchev–Trinajstić information content (AvgIpc) is 2.90. The smallest absolute Gasteiger partial charge is 0.343 e. The van der Waals surface area contributed by atoms with Crippen LogP contribution in [0.2, 0.25) is 0 Å². The van der Waals surface area contributed by atoms with Crippen molar-refractivity contribution < 1.29 is 23.8 Å². The first kappa shape index (κ1) is 26.7. The number of carbonyl (C=O) groups excluding carboxylic acids is 2. The highest BCUT2D eigenvalue weighted by Crippen LogP contribution is 2.24. The zero-order valence-corrected chi connectivity index (χ0v) is 21.1. The van der Waals surface area contributed by atoms with Crippen LogP contribution in [-0.4, -0.2) is 24.6 Å². The van der Waals surface area contributed by atoms with Crippen molar-refractivity contribution in [2.75, 3.05) is 6.61 Å². The Bertz CT molecular complexity index is 1120. The summed E-state index contributed by atoms with van der Waals surface area (Å²) in [4.78, 5) is 25.0. The fraction of sp³-hybridized carbons (Fsp3) is 0.290. The highest BCUT2D eigenvalue weighted by atomic mass is 16.5. The second-order valence-corrected chi connectivity index (χ2v) is 8.68. The Morgan fingerprint density at radius 3 is 1.94 bits per heavy atom. The van der Waals surface area contributed by atoms with Crippen molar-refractivity contribution in [3.63, 3.8) is 0 Å². The lowest BCUT2D eigenvalue weighted by Crippen LogP contribution is -2.15. The summed E-state index contributed by atoms with van der Waals surface area (Å²) in [5.74, 6) is 0.302. The van der Waals surface area contributed by atoms with Crippen molar-refractivity contribution in [1.29, 1.82) is 0 Å². The summed E-state index contributed by atoms with van der Waals surface area (Å²) in [6.07, 6.45) is 7.01. The van der Waals surface area contributed by atoms with E-state index in [9.17, 15) is 9.59 Å². The Hall–Kier alpha value is -3.86. The van der Waals surface area contributed by atoms with E-state index in [-0.39, 0.29) is 12.1 Å². The van der Waals surface area contributed by atoms with Gasteiger partial charge >= 0.3 is 11.9 Å². The first-order chi connectivity index (χ1) is 17.5. The number of rotatable bonds is 13. The predicted octanol–water partition coefficient (Wildman–Crippen LogP) is 7.65. The molecule has 0 amide bonds. The molecule has 0 spiro atoms. The topological polar surface area (TPSA) is 61.8 Å². The molecule has 0 saturated heterocycles.